The second-order valence-electron chi connectivity index (χ2n) is 7.32. The molecule has 126 valence electrons. The van der Waals surface area contributed by atoms with Crippen molar-refractivity contribution in [1.29, 1.82) is 0 Å². The van der Waals surface area contributed by atoms with Crippen LogP contribution in [-0.4, -0.2) is 45.2 Å². The van der Waals surface area contributed by atoms with E-state index >= 15 is 0 Å². The molecule has 1 saturated heterocycles. The van der Waals surface area contributed by atoms with Crippen molar-refractivity contribution in [2.45, 2.75) is 64.0 Å². The van der Waals surface area contributed by atoms with Crippen LogP contribution >= 0.6 is 0 Å². The molecule has 2 aliphatic heterocycles. The van der Waals surface area contributed by atoms with Crippen molar-refractivity contribution in [3.8, 4) is 0 Å². The van der Waals surface area contributed by atoms with Gasteiger partial charge in [0, 0.05) is 25.4 Å². The lowest BCUT2D eigenvalue weighted by molar-refractivity contribution is -0.133. The van der Waals surface area contributed by atoms with Gasteiger partial charge in [-0.25, -0.2) is 0 Å². The van der Waals surface area contributed by atoms with E-state index in [4.69, 9.17) is 0 Å². The third-order valence-electron chi connectivity index (χ3n) is 5.78. The summed E-state index contributed by atoms with van der Waals surface area (Å²) in [5, 5.41) is 12.3. The first-order valence-corrected chi connectivity index (χ1v) is 9.21. The zero-order valence-electron chi connectivity index (χ0n) is 13.8. The molecule has 0 unspecified atom stereocenters. The molecule has 1 N–H and O–H groups in total. The summed E-state index contributed by atoms with van der Waals surface area (Å²) < 4.78 is 2.27. The van der Waals surface area contributed by atoms with E-state index < -0.39 is 0 Å². The highest BCUT2D eigenvalue weighted by Crippen LogP contribution is 2.29. The Bertz CT molecular complexity index is 557. The highest BCUT2D eigenvalue weighted by atomic mass is 16.2. The molecule has 1 aliphatic carbocycles. The number of carbonyl (C=O) groups excluding carboxylic acids is 1. The average Bonchev–Trinajstić information content (AvgIpc) is 3.24. The minimum Gasteiger partial charge on any atom is -0.333 e. The predicted octanol–water partition coefficient (Wildman–Crippen LogP) is 1.67. The molecule has 1 saturated carbocycles. The summed E-state index contributed by atoms with van der Waals surface area (Å²) in [6, 6.07) is 0. The van der Waals surface area contributed by atoms with Gasteiger partial charge in [0.15, 0.2) is 5.82 Å². The van der Waals surface area contributed by atoms with E-state index in [2.05, 4.69) is 20.1 Å². The van der Waals surface area contributed by atoms with Crippen LogP contribution in [-0.2, 0) is 17.9 Å². The molecule has 3 aliphatic rings. The summed E-state index contributed by atoms with van der Waals surface area (Å²) >= 11 is 0. The van der Waals surface area contributed by atoms with Crippen LogP contribution < -0.4 is 5.32 Å². The fourth-order valence-corrected chi connectivity index (χ4v) is 4.37. The molecule has 6 heteroatoms. The average molecular weight is 317 g/mol. The van der Waals surface area contributed by atoms with E-state index in [1.165, 1.54) is 25.7 Å². The monoisotopic (exact) mass is 317 g/mol. The molecule has 0 bridgehead atoms. The number of nitrogens with one attached hydrogen (secondary N) is 1. The van der Waals surface area contributed by atoms with E-state index in [1.807, 2.05) is 4.90 Å². The lowest BCUT2D eigenvalue weighted by Crippen LogP contribution is -2.39. The maximum absolute atomic E-state index is 12.5. The van der Waals surface area contributed by atoms with E-state index in [0.29, 0.717) is 24.3 Å². The van der Waals surface area contributed by atoms with Gasteiger partial charge in [0.1, 0.15) is 5.82 Å². The standard InChI is InChI=1S/C17H27N5O/c23-16(11-13-3-1-2-4-13)21-9-10-22-15(12-21)19-20-17(22)14-5-7-18-8-6-14/h13-14,18H,1-12H2. The lowest BCUT2D eigenvalue weighted by atomic mass is 9.97. The summed E-state index contributed by atoms with van der Waals surface area (Å²) in [5.74, 6) is 3.58. The van der Waals surface area contributed by atoms with Gasteiger partial charge < -0.3 is 14.8 Å². The molecule has 1 aromatic rings. The Morgan fingerprint density at radius 1 is 1.09 bits per heavy atom. The number of carbonyl (C=O) groups is 1. The molecule has 6 nitrogen and oxygen atoms in total. The van der Waals surface area contributed by atoms with Gasteiger partial charge in [0.05, 0.1) is 6.54 Å². The number of nitrogens with zero attached hydrogens (tertiary/aromatic N) is 4. The summed E-state index contributed by atoms with van der Waals surface area (Å²) in [6.45, 7) is 4.45. The number of hydrogen-bond acceptors (Lipinski definition) is 4. The van der Waals surface area contributed by atoms with Gasteiger partial charge in [-0.3, -0.25) is 4.79 Å². The highest BCUT2D eigenvalue weighted by molar-refractivity contribution is 5.76. The minimum absolute atomic E-state index is 0.314. The van der Waals surface area contributed by atoms with Gasteiger partial charge in [0.2, 0.25) is 5.91 Å². The lowest BCUT2D eigenvalue weighted by Gasteiger charge is -2.30. The molecule has 23 heavy (non-hydrogen) atoms. The summed E-state index contributed by atoms with van der Waals surface area (Å²) in [7, 11) is 0. The number of amides is 1. The van der Waals surface area contributed by atoms with E-state index in [0.717, 1.165) is 57.1 Å². The third-order valence-corrected chi connectivity index (χ3v) is 5.78. The highest BCUT2D eigenvalue weighted by Gasteiger charge is 2.29. The van der Waals surface area contributed by atoms with Gasteiger partial charge in [-0.05, 0) is 44.7 Å². The van der Waals surface area contributed by atoms with Crippen molar-refractivity contribution >= 4 is 5.91 Å². The van der Waals surface area contributed by atoms with Crippen LogP contribution in [0.5, 0.6) is 0 Å². The fraction of sp³-hybridized carbons (Fsp3) is 0.824. The van der Waals surface area contributed by atoms with Crippen molar-refractivity contribution in [2.24, 2.45) is 5.92 Å². The zero-order chi connectivity index (χ0) is 15.6. The van der Waals surface area contributed by atoms with Gasteiger partial charge >= 0.3 is 0 Å². The third kappa shape index (κ3) is 3.13. The number of piperidine rings is 1. The number of hydrogen-bond donors (Lipinski definition) is 1. The van der Waals surface area contributed by atoms with Crippen LogP contribution in [0.4, 0.5) is 0 Å². The predicted molar refractivity (Wildman–Crippen MR) is 86.9 cm³/mol. The Hall–Kier alpha value is -1.43. The first-order chi connectivity index (χ1) is 11.3. The van der Waals surface area contributed by atoms with Crippen molar-refractivity contribution < 1.29 is 4.79 Å². The zero-order valence-corrected chi connectivity index (χ0v) is 13.8. The van der Waals surface area contributed by atoms with Crippen molar-refractivity contribution in [2.75, 3.05) is 19.6 Å². The maximum atomic E-state index is 12.5. The van der Waals surface area contributed by atoms with Crippen molar-refractivity contribution in [3.05, 3.63) is 11.6 Å². The summed E-state index contributed by atoms with van der Waals surface area (Å²) in [6.07, 6.45) is 8.07. The quantitative estimate of drug-likeness (QED) is 0.921. The molecule has 2 fully saturated rings. The Kier molecular flexibility index (Phi) is 4.33. The second-order valence-corrected chi connectivity index (χ2v) is 7.32. The van der Waals surface area contributed by atoms with Crippen molar-refractivity contribution in [3.63, 3.8) is 0 Å². The Labute approximate surface area is 137 Å². The Morgan fingerprint density at radius 3 is 2.65 bits per heavy atom. The molecule has 4 rings (SSSR count). The molecular weight excluding hydrogens is 290 g/mol. The molecule has 0 atom stereocenters. The van der Waals surface area contributed by atoms with Gasteiger partial charge in [0.25, 0.3) is 0 Å². The summed E-state index contributed by atoms with van der Waals surface area (Å²) in [5.41, 5.74) is 0. The molecule has 0 spiro atoms. The molecule has 0 radical (unpaired) electrons. The smallest absolute Gasteiger partial charge is 0.223 e. The Morgan fingerprint density at radius 2 is 1.87 bits per heavy atom. The fourth-order valence-electron chi connectivity index (χ4n) is 4.37. The largest absolute Gasteiger partial charge is 0.333 e. The van der Waals surface area contributed by atoms with Crippen molar-refractivity contribution in [1.82, 2.24) is 25.0 Å². The van der Waals surface area contributed by atoms with Crippen LogP contribution in [0.2, 0.25) is 0 Å². The second kappa shape index (κ2) is 6.59. The molecule has 1 aromatic heterocycles. The van der Waals surface area contributed by atoms with E-state index in [-0.39, 0.29) is 0 Å². The van der Waals surface area contributed by atoms with Gasteiger partial charge in [-0.1, -0.05) is 12.8 Å². The number of rotatable bonds is 3. The molecule has 0 aromatic carbocycles. The van der Waals surface area contributed by atoms with Crippen LogP contribution in [0.25, 0.3) is 0 Å². The van der Waals surface area contributed by atoms with E-state index in [1.54, 1.807) is 0 Å². The molecule has 3 heterocycles. The first kappa shape index (κ1) is 15.1. The van der Waals surface area contributed by atoms with Crippen LogP contribution in [0.1, 0.15) is 62.5 Å². The Balaban J connectivity index is 1.41. The molecule has 1 amide bonds. The minimum atomic E-state index is 0.314. The normalized spacial score (nSPS) is 23.2. The van der Waals surface area contributed by atoms with E-state index in [9.17, 15) is 4.79 Å². The van der Waals surface area contributed by atoms with Crippen LogP contribution in [0, 0.1) is 5.92 Å². The van der Waals surface area contributed by atoms with Crippen LogP contribution in [0.3, 0.4) is 0 Å². The van der Waals surface area contributed by atoms with Gasteiger partial charge in [-0.15, -0.1) is 10.2 Å². The number of fused-ring (bicyclic) bond motifs is 1. The van der Waals surface area contributed by atoms with Gasteiger partial charge in [-0.2, -0.15) is 0 Å². The summed E-state index contributed by atoms with van der Waals surface area (Å²) in [4.78, 5) is 14.5. The topological polar surface area (TPSA) is 63.1 Å². The first-order valence-electron chi connectivity index (χ1n) is 9.21. The SMILES string of the molecule is O=C(CC1CCCC1)N1CCn2c(nnc2C2CCNCC2)C1. The number of aromatic nitrogens is 3. The molecular formula is C17H27N5O. The maximum Gasteiger partial charge on any atom is 0.223 e. The van der Waals surface area contributed by atoms with Crippen LogP contribution in [0.15, 0.2) is 0 Å².